The molecule has 0 aliphatic rings. The molecule has 4 unspecified atom stereocenters. The lowest BCUT2D eigenvalue weighted by Gasteiger charge is -2.34. The summed E-state index contributed by atoms with van der Waals surface area (Å²) in [7, 11) is 0. The van der Waals surface area contributed by atoms with Crippen molar-refractivity contribution >= 4 is 24.6 Å². The van der Waals surface area contributed by atoms with Gasteiger partial charge in [0.2, 0.25) is 0 Å². The Morgan fingerprint density at radius 1 is 0.368 bits per heavy atom. The predicted octanol–water partition coefficient (Wildman–Crippen LogP) is 7.62. The van der Waals surface area contributed by atoms with Crippen LogP contribution in [0.4, 0.5) is 19.2 Å². The van der Waals surface area contributed by atoms with Crippen LogP contribution in [0.25, 0.3) is 0 Å². The van der Waals surface area contributed by atoms with E-state index >= 15 is 0 Å². The van der Waals surface area contributed by atoms with E-state index < -0.39 is 76.9 Å². The van der Waals surface area contributed by atoms with Gasteiger partial charge in [0.25, 0.3) is 0 Å². The molecular weight excluding hydrogens is 764 g/mol. The van der Waals surface area contributed by atoms with Gasteiger partial charge >= 0.3 is 24.6 Å². The standard InChI is InChI=1S/C37H68O20.2H2/c1-25(46-29(38)50-54-33(5,6)7)17-42-21-37(22-43-18-26(2)47-30(39)51-55-34(8,9)10,23-44-19-27(3)48-31(40)52-56-35(11,12)13)24-45-20-28(4)49-32(41)53-57-36(14,15)16;;/h25-28H,17-24H2,1-16H3;2*1H. The Balaban J connectivity index is -0.0000157. The normalized spacial score (nSPS) is 15.6. The maximum absolute atomic E-state index is 12.1. The predicted molar refractivity (Wildman–Crippen MR) is 201 cm³/mol. The summed E-state index contributed by atoms with van der Waals surface area (Å²) < 4.78 is 44.8. The summed E-state index contributed by atoms with van der Waals surface area (Å²) in [6.45, 7) is 25.7. The molecule has 20 nitrogen and oxygen atoms in total. The summed E-state index contributed by atoms with van der Waals surface area (Å²) in [6, 6.07) is 0. The van der Waals surface area contributed by atoms with E-state index in [0.29, 0.717) is 0 Å². The highest BCUT2D eigenvalue weighted by Gasteiger charge is 2.35. The van der Waals surface area contributed by atoms with Crippen molar-refractivity contribution in [1.29, 1.82) is 0 Å². The fourth-order valence-electron chi connectivity index (χ4n) is 3.52. The highest BCUT2D eigenvalue weighted by molar-refractivity contribution is 5.60. The number of hydrogen-bond donors (Lipinski definition) is 0. The van der Waals surface area contributed by atoms with E-state index in [1.165, 1.54) is 0 Å². The third-order valence-electron chi connectivity index (χ3n) is 5.67. The van der Waals surface area contributed by atoms with Crippen LogP contribution in [-0.4, -0.2) is 124 Å². The first-order chi connectivity index (χ1) is 26.0. The summed E-state index contributed by atoms with van der Waals surface area (Å²) in [6.07, 6.45) is -7.43. The van der Waals surface area contributed by atoms with Crippen LogP contribution in [0, 0.1) is 5.41 Å². The Morgan fingerprint density at radius 3 is 0.702 bits per heavy atom. The molecule has 0 aromatic carbocycles. The Kier molecular flexibility index (Phi) is 23.9. The van der Waals surface area contributed by atoms with Crippen molar-refractivity contribution in [2.24, 2.45) is 5.41 Å². The number of ether oxygens (including phenoxy) is 8. The molecule has 340 valence electrons. The van der Waals surface area contributed by atoms with Gasteiger partial charge in [-0.25, -0.2) is 19.2 Å². The van der Waals surface area contributed by atoms with Gasteiger partial charge < -0.3 is 37.9 Å². The molecule has 57 heavy (non-hydrogen) atoms. The second-order valence-electron chi connectivity index (χ2n) is 17.4. The molecule has 0 rings (SSSR count). The Hall–Kier alpha value is -3.24. The minimum Gasteiger partial charge on any atom is -0.427 e. The minimum absolute atomic E-state index is 0. The SMILES string of the molecule is CC(COCC(COCC(C)OC(=O)OOC(C)(C)C)(COCC(C)OC(=O)OOC(C)(C)C)COCC(C)OC(=O)OOC(C)(C)C)OC(=O)OOC(C)(C)C.[HH].[HH]. The zero-order chi connectivity index (χ0) is 44.1. The van der Waals surface area contributed by atoms with Crippen LogP contribution in [0.2, 0.25) is 0 Å². The third-order valence-corrected chi connectivity index (χ3v) is 5.67. The molecule has 0 aliphatic heterocycles. The average Bonchev–Trinajstić information content (AvgIpc) is 3.03. The molecule has 0 radical (unpaired) electrons. The van der Waals surface area contributed by atoms with Gasteiger partial charge in [-0.15, -0.1) is 0 Å². The van der Waals surface area contributed by atoms with Crippen molar-refractivity contribution in [2.45, 2.75) is 158 Å². The van der Waals surface area contributed by atoms with Gasteiger partial charge in [0.15, 0.2) is 0 Å². The second kappa shape index (κ2) is 25.3. The molecule has 0 aromatic heterocycles. The van der Waals surface area contributed by atoms with Gasteiger partial charge in [-0.3, -0.25) is 19.6 Å². The van der Waals surface area contributed by atoms with Crippen LogP contribution in [0.1, 0.15) is 114 Å². The first-order valence-corrected chi connectivity index (χ1v) is 18.5. The van der Waals surface area contributed by atoms with Crippen LogP contribution >= 0.6 is 0 Å². The molecule has 0 bridgehead atoms. The summed E-state index contributed by atoms with van der Waals surface area (Å²) >= 11 is 0. The quantitative estimate of drug-likeness (QED) is 0.0395. The van der Waals surface area contributed by atoms with Crippen LogP contribution in [0.15, 0.2) is 0 Å². The minimum atomic E-state index is -1.13. The van der Waals surface area contributed by atoms with Gasteiger partial charge in [-0.2, -0.15) is 19.6 Å². The van der Waals surface area contributed by atoms with Gasteiger partial charge in [-0.05, 0) is 111 Å². The summed E-state index contributed by atoms with van der Waals surface area (Å²) in [5.41, 5.74) is -4.15. The molecule has 0 aromatic rings. The maximum Gasteiger partial charge on any atom is 0.540 e. The molecule has 0 N–H and O–H groups in total. The highest BCUT2D eigenvalue weighted by Crippen LogP contribution is 2.23. The van der Waals surface area contributed by atoms with E-state index in [1.807, 2.05) is 0 Å². The van der Waals surface area contributed by atoms with E-state index in [0.717, 1.165) is 0 Å². The molecule has 0 heterocycles. The lowest BCUT2D eigenvalue weighted by Crippen LogP contribution is -2.44. The maximum atomic E-state index is 12.1. The lowest BCUT2D eigenvalue weighted by molar-refractivity contribution is -0.314. The Morgan fingerprint density at radius 2 is 0.544 bits per heavy atom. The van der Waals surface area contributed by atoms with Crippen LogP contribution < -0.4 is 0 Å². The van der Waals surface area contributed by atoms with E-state index in [-0.39, 0.29) is 55.7 Å². The molecule has 0 aliphatic carbocycles. The zero-order valence-electron chi connectivity index (χ0n) is 36.6. The monoisotopic (exact) mass is 836 g/mol. The molecule has 4 atom stereocenters. The molecule has 20 heteroatoms. The third kappa shape index (κ3) is 32.4. The molecular formula is C37H72O20. The smallest absolute Gasteiger partial charge is 0.427 e. The van der Waals surface area contributed by atoms with Crippen molar-refractivity contribution in [3.8, 4) is 0 Å². The number of hydrogen-bond acceptors (Lipinski definition) is 20. The first-order valence-electron chi connectivity index (χ1n) is 18.5. The molecule has 0 fully saturated rings. The molecule has 0 amide bonds. The van der Waals surface area contributed by atoms with Gasteiger partial charge in [0, 0.05) is 2.85 Å². The van der Waals surface area contributed by atoms with E-state index in [9.17, 15) is 19.2 Å². The van der Waals surface area contributed by atoms with Crippen molar-refractivity contribution in [3.05, 3.63) is 0 Å². The number of carbonyl (C=O) groups excluding carboxylic acids is 4. The van der Waals surface area contributed by atoms with E-state index in [4.69, 9.17) is 77.0 Å². The van der Waals surface area contributed by atoms with Crippen LogP contribution in [0.3, 0.4) is 0 Å². The van der Waals surface area contributed by atoms with Crippen LogP contribution in [0.5, 0.6) is 0 Å². The highest BCUT2D eigenvalue weighted by atomic mass is 17.3. The van der Waals surface area contributed by atoms with Gasteiger partial charge in [0.1, 0.15) is 46.8 Å². The summed E-state index contributed by atoms with van der Waals surface area (Å²) in [5.74, 6) is 0. The van der Waals surface area contributed by atoms with Gasteiger partial charge in [0.05, 0.1) is 58.3 Å². The van der Waals surface area contributed by atoms with Crippen molar-refractivity contribution in [2.75, 3.05) is 52.9 Å². The van der Waals surface area contributed by atoms with Crippen molar-refractivity contribution in [1.82, 2.24) is 0 Å². The van der Waals surface area contributed by atoms with Crippen LogP contribution in [-0.2, 0) is 77.0 Å². The summed E-state index contributed by atoms with van der Waals surface area (Å²) in [5, 5.41) is 0. The topological polar surface area (TPSA) is 216 Å². The second-order valence-corrected chi connectivity index (χ2v) is 17.4. The average molecular weight is 837 g/mol. The largest absolute Gasteiger partial charge is 0.540 e. The number of carbonyl (C=O) groups is 4. The van der Waals surface area contributed by atoms with Crippen molar-refractivity contribution < 1.29 is 99.0 Å². The van der Waals surface area contributed by atoms with E-state index in [2.05, 4.69) is 0 Å². The molecule has 0 saturated carbocycles. The summed E-state index contributed by atoms with van der Waals surface area (Å²) in [4.78, 5) is 87.3. The lowest BCUT2D eigenvalue weighted by atomic mass is 9.92. The van der Waals surface area contributed by atoms with Crippen molar-refractivity contribution in [3.63, 3.8) is 0 Å². The fraction of sp³-hybridized carbons (Fsp3) is 0.892. The number of rotatable bonds is 24. The van der Waals surface area contributed by atoms with Gasteiger partial charge in [-0.1, -0.05) is 0 Å². The molecule has 0 saturated heterocycles. The Bertz CT molecular complexity index is 997. The zero-order valence-corrected chi connectivity index (χ0v) is 36.6. The fourth-order valence-corrected chi connectivity index (χ4v) is 3.52. The molecule has 0 spiro atoms. The Labute approximate surface area is 339 Å². The van der Waals surface area contributed by atoms with E-state index in [1.54, 1.807) is 111 Å². The first kappa shape index (κ1) is 53.8.